The third kappa shape index (κ3) is 2.55. The quantitative estimate of drug-likeness (QED) is 0.567. The first-order valence-corrected chi connectivity index (χ1v) is 4.02. The van der Waals surface area contributed by atoms with E-state index in [1.807, 2.05) is 30.3 Å². The van der Waals surface area contributed by atoms with Crippen LogP contribution in [0, 0.1) is 0 Å². The molecule has 1 unspecified atom stereocenters. The van der Waals surface area contributed by atoms with Crippen LogP contribution >= 0.6 is 12.2 Å². The van der Waals surface area contributed by atoms with Crippen molar-refractivity contribution in [1.29, 1.82) is 0 Å². The average molecular weight is 179 g/mol. The highest BCUT2D eigenvalue weighted by Crippen LogP contribution is 2.11. The molecule has 3 heteroatoms. The van der Waals surface area contributed by atoms with Crippen LogP contribution in [0.2, 0.25) is 0 Å². The summed E-state index contributed by atoms with van der Waals surface area (Å²) in [6.07, 6.45) is -0.568. The molecule has 1 N–H and O–H groups in total. The number of aliphatic imine (C=N–C) groups is 1. The van der Waals surface area contributed by atoms with Crippen LogP contribution in [-0.4, -0.2) is 16.8 Å². The number of benzene rings is 1. The van der Waals surface area contributed by atoms with Gasteiger partial charge in [-0.25, -0.2) is 4.99 Å². The molecule has 0 bridgehead atoms. The Bertz CT molecular complexity index is 280. The molecule has 1 aromatic carbocycles. The lowest BCUT2D eigenvalue weighted by Gasteiger charge is -2.05. The summed E-state index contributed by atoms with van der Waals surface area (Å²) in [6, 6.07) is 9.35. The van der Waals surface area contributed by atoms with Crippen molar-refractivity contribution < 1.29 is 5.11 Å². The summed E-state index contributed by atoms with van der Waals surface area (Å²) in [6.45, 7) is 0.285. The molecular formula is C9H9NOS. The number of rotatable bonds is 3. The summed E-state index contributed by atoms with van der Waals surface area (Å²) in [4.78, 5) is 3.66. The minimum Gasteiger partial charge on any atom is -0.386 e. The third-order valence-electron chi connectivity index (χ3n) is 1.51. The van der Waals surface area contributed by atoms with E-state index in [4.69, 9.17) is 0 Å². The molecule has 12 heavy (non-hydrogen) atoms. The molecule has 2 nitrogen and oxygen atoms in total. The summed E-state index contributed by atoms with van der Waals surface area (Å²) in [5.74, 6) is 0. The number of hydrogen-bond acceptors (Lipinski definition) is 3. The minimum atomic E-state index is -0.568. The molecule has 0 amide bonds. The number of isothiocyanates is 1. The van der Waals surface area contributed by atoms with Gasteiger partial charge >= 0.3 is 0 Å². The van der Waals surface area contributed by atoms with Gasteiger partial charge in [0, 0.05) is 0 Å². The van der Waals surface area contributed by atoms with Crippen molar-refractivity contribution in [2.45, 2.75) is 6.10 Å². The molecule has 0 aromatic heterocycles. The lowest BCUT2D eigenvalue weighted by atomic mass is 10.1. The molecule has 0 heterocycles. The maximum absolute atomic E-state index is 9.47. The monoisotopic (exact) mass is 179 g/mol. The van der Waals surface area contributed by atoms with E-state index in [-0.39, 0.29) is 6.54 Å². The fourth-order valence-corrected chi connectivity index (χ4v) is 0.979. The van der Waals surface area contributed by atoms with Crippen LogP contribution in [0.1, 0.15) is 11.7 Å². The molecule has 0 fully saturated rings. The van der Waals surface area contributed by atoms with Gasteiger partial charge in [0.15, 0.2) is 0 Å². The van der Waals surface area contributed by atoms with Crippen molar-refractivity contribution in [2.24, 2.45) is 4.99 Å². The first kappa shape index (κ1) is 9.07. The van der Waals surface area contributed by atoms with Gasteiger partial charge in [0.05, 0.1) is 17.8 Å². The second kappa shape index (κ2) is 4.78. The molecule has 0 aliphatic carbocycles. The SMILES string of the molecule is OC(CN=C=S)c1ccccc1. The van der Waals surface area contributed by atoms with Crippen molar-refractivity contribution in [3.05, 3.63) is 35.9 Å². The fraction of sp³-hybridized carbons (Fsp3) is 0.222. The standard InChI is InChI=1S/C9H9NOS/c11-9(6-10-7-12)8-4-2-1-3-5-8/h1-5,9,11H,6H2. The highest BCUT2D eigenvalue weighted by atomic mass is 32.1. The summed E-state index contributed by atoms with van der Waals surface area (Å²) in [7, 11) is 0. The van der Waals surface area contributed by atoms with E-state index < -0.39 is 6.10 Å². The van der Waals surface area contributed by atoms with Crippen LogP contribution < -0.4 is 0 Å². The van der Waals surface area contributed by atoms with E-state index in [1.165, 1.54) is 0 Å². The van der Waals surface area contributed by atoms with Gasteiger partial charge in [-0.15, -0.1) is 0 Å². The average Bonchev–Trinajstić information content (AvgIpc) is 2.15. The fourth-order valence-electron chi connectivity index (χ4n) is 0.904. The van der Waals surface area contributed by atoms with Crippen molar-refractivity contribution >= 4 is 17.4 Å². The zero-order valence-corrected chi connectivity index (χ0v) is 7.29. The van der Waals surface area contributed by atoms with Crippen molar-refractivity contribution in [2.75, 3.05) is 6.54 Å². The van der Waals surface area contributed by atoms with Crippen molar-refractivity contribution in [1.82, 2.24) is 0 Å². The third-order valence-corrected chi connectivity index (χ3v) is 1.64. The lowest BCUT2D eigenvalue weighted by Crippen LogP contribution is -2.00. The molecule has 0 saturated carbocycles. The number of thiocarbonyl (C=S) groups is 1. The van der Waals surface area contributed by atoms with Crippen LogP contribution in [0.5, 0.6) is 0 Å². The van der Waals surface area contributed by atoms with Crippen LogP contribution in [0.3, 0.4) is 0 Å². The van der Waals surface area contributed by atoms with E-state index in [1.54, 1.807) is 0 Å². The number of aliphatic hydroxyl groups is 1. The van der Waals surface area contributed by atoms with Gasteiger partial charge in [-0.2, -0.15) is 0 Å². The highest BCUT2D eigenvalue weighted by molar-refractivity contribution is 7.78. The predicted molar refractivity (Wildman–Crippen MR) is 51.3 cm³/mol. The Morgan fingerprint density at radius 3 is 2.67 bits per heavy atom. The lowest BCUT2D eigenvalue weighted by molar-refractivity contribution is 0.187. The van der Waals surface area contributed by atoms with Crippen LogP contribution in [-0.2, 0) is 0 Å². The smallest absolute Gasteiger partial charge is 0.0993 e. The maximum Gasteiger partial charge on any atom is 0.0993 e. The molecule has 62 valence electrons. The van der Waals surface area contributed by atoms with Gasteiger partial charge in [0.25, 0.3) is 0 Å². The second-order valence-electron chi connectivity index (χ2n) is 2.36. The van der Waals surface area contributed by atoms with Gasteiger partial charge in [0.2, 0.25) is 0 Å². The summed E-state index contributed by atoms with van der Waals surface area (Å²) in [5, 5.41) is 11.7. The maximum atomic E-state index is 9.47. The molecule has 1 aromatic rings. The number of nitrogens with zero attached hydrogens (tertiary/aromatic N) is 1. The van der Waals surface area contributed by atoms with Gasteiger partial charge < -0.3 is 5.11 Å². The number of aliphatic hydroxyl groups excluding tert-OH is 1. The molecule has 0 saturated heterocycles. The molecule has 0 spiro atoms. The van der Waals surface area contributed by atoms with Gasteiger partial charge in [-0.1, -0.05) is 30.3 Å². The van der Waals surface area contributed by atoms with E-state index in [0.717, 1.165) is 5.56 Å². The Morgan fingerprint density at radius 2 is 2.08 bits per heavy atom. The van der Waals surface area contributed by atoms with Crippen LogP contribution in [0.4, 0.5) is 0 Å². The molecule has 1 atom stereocenters. The predicted octanol–water partition coefficient (Wildman–Crippen LogP) is 1.82. The van der Waals surface area contributed by atoms with Crippen molar-refractivity contribution in [3.8, 4) is 0 Å². The summed E-state index contributed by atoms with van der Waals surface area (Å²) >= 11 is 4.39. The molecule has 1 rings (SSSR count). The second-order valence-corrected chi connectivity index (χ2v) is 2.54. The van der Waals surface area contributed by atoms with E-state index in [2.05, 4.69) is 22.4 Å². The first-order valence-electron chi connectivity index (χ1n) is 3.61. The highest BCUT2D eigenvalue weighted by Gasteiger charge is 2.03. The topological polar surface area (TPSA) is 32.6 Å². The van der Waals surface area contributed by atoms with E-state index >= 15 is 0 Å². The van der Waals surface area contributed by atoms with E-state index in [0.29, 0.717) is 0 Å². The van der Waals surface area contributed by atoms with Crippen LogP contribution in [0.25, 0.3) is 0 Å². The largest absolute Gasteiger partial charge is 0.386 e. The zero-order chi connectivity index (χ0) is 8.81. The molecule has 0 radical (unpaired) electrons. The molecule has 0 aliphatic heterocycles. The normalized spacial score (nSPS) is 11.8. The van der Waals surface area contributed by atoms with Gasteiger partial charge in [0.1, 0.15) is 0 Å². The Kier molecular flexibility index (Phi) is 3.61. The molecule has 0 aliphatic rings. The summed E-state index contributed by atoms with van der Waals surface area (Å²) in [5.41, 5.74) is 0.853. The molecular weight excluding hydrogens is 170 g/mol. The van der Waals surface area contributed by atoms with Gasteiger partial charge in [-0.05, 0) is 17.8 Å². The summed E-state index contributed by atoms with van der Waals surface area (Å²) < 4.78 is 0. The minimum absolute atomic E-state index is 0.285. The van der Waals surface area contributed by atoms with Crippen molar-refractivity contribution in [3.63, 3.8) is 0 Å². The Balaban J connectivity index is 2.65. The van der Waals surface area contributed by atoms with Crippen LogP contribution in [0.15, 0.2) is 35.3 Å². The Hall–Kier alpha value is -1.02. The first-order chi connectivity index (χ1) is 5.84. The zero-order valence-electron chi connectivity index (χ0n) is 6.47. The Morgan fingerprint density at radius 1 is 1.42 bits per heavy atom. The van der Waals surface area contributed by atoms with E-state index in [9.17, 15) is 5.11 Å². The van der Waals surface area contributed by atoms with Gasteiger partial charge in [-0.3, -0.25) is 0 Å². The number of hydrogen-bond donors (Lipinski definition) is 1. The Labute approximate surface area is 76.6 Å².